The summed E-state index contributed by atoms with van der Waals surface area (Å²) in [6.45, 7) is 9.11. The Hall–Kier alpha value is -2.00. The molecule has 1 N–H and O–H groups in total. The number of aromatic nitrogens is 3. The first kappa shape index (κ1) is 24.6. The second-order valence-corrected chi connectivity index (χ2v) is 9.58. The molecule has 0 bridgehead atoms. The van der Waals surface area contributed by atoms with Gasteiger partial charge in [-0.2, -0.15) is 4.98 Å². The zero-order valence-electron chi connectivity index (χ0n) is 19.1. The number of anilines is 1. The van der Waals surface area contributed by atoms with Crippen LogP contribution in [0.1, 0.15) is 65.0 Å². The Kier molecular flexibility index (Phi) is 9.04. The number of rotatable bonds is 11. The summed E-state index contributed by atoms with van der Waals surface area (Å²) in [6, 6.07) is 5.34. The van der Waals surface area contributed by atoms with Crippen molar-refractivity contribution in [1.29, 1.82) is 0 Å². The average molecular weight is 523 g/mol. The number of hydrogen-bond acceptors (Lipinski definition) is 7. The number of halogens is 1. The third-order valence-electron chi connectivity index (χ3n) is 4.95. The van der Waals surface area contributed by atoms with Gasteiger partial charge in [0.25, 0.3) is 0 Å². The Morgan fingerprint density at radius 2 is 2.03 bits per heavy atom. The fourth-order valence-electron chi connectivity index (χ4n) is 3.40. The van der Waals surface area contributed by atoms with Crippen molar-refractivity contribution in [2.75, 3.05) is 24.3 Å². The van der Waals surface area contributed by atoms with Crippen LogP contribution in [0, 0.1) is 0 Å². The van der Waals surface area contributed by atoms with Gasteiger partial charge in [-0.15, -0.1) is 5.10 Å². The molecular formula is C23H31BrN4O3S. The summed E-state index contributed by atoms with van der Waals surface area (Å²) >= 11 is 5.18. The number of allylic oxidation sites excluding steroid dienone is 1. The van der Waals surface area contributed by atoms with E-state index in [1.807, 2.05) is 25.1 Å². The van der Waals surface area contributed by atoms with Crippen molar-refractivity contribution in [2.45, 2.75) is 64.6 Å². The second-order valence-electron chi connectivity index (χ2n) is 7.60. The third-order valence-corrected chi connectivity index (χ3v) is 6.48. The highest BCUT2D eigenvalue weighted by Crippen LogP contribution is 2.41. The minimum Gasteiger partial charge on any atom is -0.493 e. The van der Waals surface area contributed by atoms with Crippen LogP contribution in [0.3, 0.4) is 0 Å². The van der Waals surface area contributed by atoms with Crippen LogP contribution in [0.5, 0.6) is 5.75 Å². The molecule has 0 spiro atoms. The monoisotopic (exact) mass is 522 g/mol. The number of carbonyl (C=O) groups excluding carboxylic acids is 1. The smallest absolute Gasteiger partial charge is 0.338 e. The van der Waals surface area contributed by atoms with Gasteiger partial charge in [-0.25, -0.2) is 9.48 Å². The number of hydrogen-bond donors (Lipinski definition) is 1. The predicted molar refractivity (Wildman–Crippen MR) is 131 cm³/mol. The Labute approximate surface area is 202 Å². The number of carbonyl (C=O) groups is 1. The van der Waals surface area contributed by atoms with Crippen LogP contribution in [0.4, 0.5) is 5.95 Å². The maximum Gasteiger partial charge on any atom is 0.338 e. The SMILES string of the molecule is CCCCOC(=O)C1=C(C)Nc2nc(SCCC)nn2C1c1cc(Br)ccc1OCCC. The summed E-state index contributed by atoms with van der Waals surface area (Å²) in [5.74, 6) is 1.91. The van der Waals surface area contributed by atoms with E-state index in [0.29, 0.717) is 35.6 Å². The Morgan fingerprint density at radius 1 is 1.22 bits per heavy atom. The highest BCUT2D eigenvalue weighted by Gasteiger charge is 2.37. The van der Waals surface area contributed by atoms with E-state index >= 15 is 0 Å². The number of nitrogens with zero attached hydrogens (tertiary/aromatic N) is 3. The first-order valence-electron chi connectivity index (χ1n) is 11.2. The molecular weight excluding hydrogens is 492 g/mol. The molecule has 3 rings (SSSR count). The maximum absolute atomic E-state index is 13.2. The first-order chi connectivity index (χ1) is 15.5. The van der Waals surface area contributed by atoms with Gasteiger partial charge in [0.05, 0.1) is 18.8 Å². The van der Waals surface area contributed by atoms with Crippen molar-refractivity contribution in [3.63, 3.8) is 0 Å². The third kappa shape index (κ3) is 5.67. The number of benzene rings is 1. The molecule has 0 fully saturated rings. The van der Waals surface area contributed by atoms with Gasteiger partial charge in [0.2, 0.25) is 11.1 Å². The molecule has 2 aromatic rings. The molecule has 1 atom stereocenters. The zero-order valence-corrected chi connectivity index (χ0v) is 21.5. The van der Waals surface area contributed by atoms with E-state index in [4.69, 9.17) is 14.6 Å². The highest BCUT2D eigenvalue weighted by atomic mass is 79.9. The average Bonchev–Trinajstić information content (AvgIpc) is 3.18. The van der Waals surface area contributed by atoms with Crippen LogP contribution in [0.2, 0.25) is 0 Å². The number of ether oxygens (including phenoxy) is 2. The molecule has 0 saturated carbocycles. The molecule has 174 valence electrons. The van der Waals surface area contributed by atoms with Gasteiger partial charge in [0.1, 0.15) is 11.8 Å². The van der Waals surface area contributed by atoms with Crippen LogP contribution in [-0.4, -0.2) is 39.7 Å². The Bertz CT molecular complexity index is 976. The molecule has 1 aromatic heterocycles. The van der Waals surface area contributed by atoms with Crippen molar-refractivity contribution in [1.82, 2.24) is 14.8 Å². The Balaban J connectivity index is 2.10. The van der Waals surface area contributed by atoms with E-state index in [9.17, 15) is 4.79 Å². The number of thioether (sulfide) groups is 1. The summed E-state index contributed by atoms with van der Waals surface area (Å²) in [5, 5.41) is 8.69. The van der Waals surface area contributed by atoms with Crippen LogP contribution in [-0.2, 0) is 9.53 Å². The molecule has 1 aliphatic rings. The van der Waals surface area contributed by atoms with Crippen molar-refractivity contribution in [2.24, 2.45) is 0 Å². The van der Waals surface area contributed by atoms with Gasteiger partial charge in [-0.05, 0) is 44.4 Å². The van der Waals surface area contributed by atoms with E-state index in [1.54, 1.807) is 16.4 Å². The van der Waals surface area contributed by atoms with Crippen molar-refractivity contribution >= 4 is 39.6 Å². The standard InChI is InChI=1S/C23H31BrN4O3S/c1-5-8-12-31-21(29)19-15(4)25-22-26-23(32-13-7-3)27-28(22)20(19)17-14-16(24)9-10-18(17)30-11-6-2/h9-10,14,20H,5-8,11-13H2,1-4H3,(H,25,26,27). The summed E-state index contributed by atoms with van der Waals surface area (Å²) < 4.78 is 14.4. The molecule has 0 radical (unpaired) electrons. The normalized spacial score (nSPS) is 15.3. The lowest BCUT2D eigenvalue weighted by Crippen LogP contribution is -2.30. The van der Waals surface area contributed by atoms with E-state index in [0.717, 1.165) is 47.2 Å². The van der Waals surface area contributed by atoms with E-state index in [-0.39, 0.29) is 5.97 Å². The minimum atomic E-state index is -0.506. The molecule has 9 heteroatoms. The summed E-state index contributed by atoms with van der Waals surface area (Å²) in [5.41, 5.74) is 2.07. The first-order valence-corrected chi connectivity index (χ1v) is 12.9. The van der Waals surface area contributed by atoms with Gasteiger partial charge >= 0.3 is 5.97 Å². The zero-order chi connectivity index (χ0) is 23.1. The number of unbranched alkanes of at least 4 members (excludes halogenated alkanes) is 1. The van der Waals surface area contributed by atoms with Gasteiger partial charge in [0, 0.05) is 21.5 Å². The van der Waals surface area contributed by atoms with Crippen molar-refractivity contribution in [3.8, 4) is 5.75 Å². The van der Waals surface area contributed by atoms with E-state index < -0.39 is 6.04 Å². The molecule has 1 aliphatic heterocycles. The fraction of sp³-hybridized carbons (Fsp3) is 0.522. The second kappa shape index (κ2) is 11.7. The molecule has 32 heavy (non-hydrogen) atoms. The largest absolute Gasteiger partial charge is 0.493 e. The molecule has 7 nitrogen and oxygen atoms in total. The highest BCUT2D eigenvalue weighted by molar-refractivity contribution is 9.10. The number of nitrogens with one attached hydrogen (secondary N) is 1. The topological polar surface area (TPSA) is 78.3 Å². The molecule has 0 aliphatic carbocycles. The quantitative estimate of drug-likeness (QED) is 0.221. The number of esters is 1. The van der Waals surface area contributed by atoms with Crippen LogP contribution >= 0.6 is 27.7 Å². The fourth-order valence-corrected chi connectivity index (χ4v) is 4.46. The molecule has 0 saturated heterocycles. The van der Waals surface area contributed by atoms with Gasteiger partial charge in [-0.3, -0.25) is 0 Å². The lowest BCUT2D eigenvalue weighted by molar-refractivity contribution is -0.139. The van der Waals surface area contributed by atoms with Crippen LogP contribution in [0.25, 0.3) is 0 Å². The molecule has 2 heterocycles. The summed E-state index contributed by atoms with van der Waals surface area (Å²) in [4.78, 5) is 17.9. The lowest BCUT2D eigenvalue weighted by Gasteiger charge is -2.29. The van der Waals surface area contributed by atoms with Crippen LogP contribution < -0.4 is 10.1 Å². The predicted octanol–water partition coefficient (Wildman–Crippen LogP) is 5.96. The molecule has 1 unspecified atom stereocenters. The van der Waals surface area contributed by atoms with E-state index in [1.165, 1.54) is 0 Å². The molecule has 1 aromatic carbocycles. The molecule has 0 amide bonds. The van der Waals surface area contributed by atoms with E-state index in [2.05, 4.69) is 47.0 Å². The van der Waals surface area contributed by atoms with Gasteiger partial charge in [-0.1, -0.05) is 54.9 Å². The Morgan fingerprint density at radius 3 is 2.75 bits per heavy atom. The summed E-state index contributed by atoms with van der Waals surface area (Å²) in [7, 11) is 0. The van der Waals surface area contributed by atoms with Gasteiger partial charge in [0.15, 0.2) is 0 Å². The lowest BCUT2D eigenvalue weighted by atomic mass is 9.95. The number of fused-ring (bicyclic) bond motifs is 1. The maximum atomic E-state index is 13.2. The van der Waals surface area contributed by atoms with Gasteiger partial charge < -0.3 is 14.8 Å². The minimum absolute atomic E-state index is 0.348. The van der Waals surface area contributed by atoms with Crippen molar-refractivity contribution < 1.29 is 14.3 Å². The summed E-state index contributed by atoms with van der Waals surface area (Å²) in [6.07, 6.45) is 3.69. The van der Waals surface area contributed by atoms with Crippen LogP contribution in [0.15, 0.2) is 39.1 Å². The van der Waals surface area contributed by atoms with Crippen molar-refractivity contribution in [3.05, 3.63) is 39.5 Å².